The number of fused-ring (bicyclic) bond motifs is 1. The Labute approximate surface area is 262 Å². The number of carbonyl (C=O) groups is 2. The summed E-state index contributed by atoms with van der Waals surface area (Å²) in [7, 11) is 0. The molecule has 1 aliphatic heterocycles. The van der Waals surface area contributed by atoms with Crippen LogP contribution in [0.1, 0.15) is 65.5 Å². The smallest absolute Gasteiger partial charge is 0.338 e. The van der Waals surface area contributed by atoms with Gasteiger partial charge in [-0.3, -0.25) is 9.36 Å². The second-order valence-corrected chi connectivity index (χ2v) is 11.8. The Morgan fingerprint density at radius 1 is 0.978 bits per heavy atom. The summed E-state index contributed by atoms with van der Waals surface area (Å²) in [4.78, 5) is 44.3. The summed E-state index contributed by atoms with van der Waals surface area (Å²) in [6, 6.07) is 26.5. The number of hydrogen-bond acceptors (Lipinski definition) is 7. The number of aromatic nitrogens is 1. The summed E-state index contributed by atoms with van der Waals surface area (Å²) < 4.78 is 13.5. The molecule has 0 unspecified atom stereocenters. The molecule has 3 heterocycles. The number of esters is 1. The Morgan fingerprint density at radius 3 is 2.33 bits per heavy atom. The number of furan rings is 1. The quantitative estimate of drug-likeness (QED) is 0.213. The number of thiazole rings is 1. The molecule has 6 rings (SSSR count). The summed E-state index contributed by atoms with van der Waals surface area (Å²) in [5, 5.41) is 9.19. The Hall–Kier alpha value is -5.28. The predicted molar refractivity (Wildman–Crippen MR) is 173 cm³/mol. The first-order chi connectivity index (χ1) is 21.7. The van der Waals surface area contributed by atoms with Crippen molar-refractivity contribution in [2.45, 2.75) is 32.7 Å². The van der Waals surface area contributed by atoms with Crippen LogP contribution in [-0.4, -0.2) is 28.2 Å². The lowest BCUT2D eigenvalue weighted by atomic mass is 9.91. The summed E-state index contributed by atoms with van der Waals surface area (Å²) in [5.41, 5.74) is 3.98. The number of aromatic carboxylic acids is 1. The molecule has 1 atom stereocenters. The Morgan fingerprint density at radius 2 is 1.69 bits per heavy atom. The standard InChI is InChI=1S/C36H30N2O6S/c1-4-43-35(42)30-31(24-8-6-5-7-9-24)37-36-38(32(30)25-14-10-22(11-15-25)21(2)3)33(39)29(45-36)20-27-18-19-28(44-27)23-12-16-26(17-13-23)34(40)41/h5-21,32H,4H2,1-3H3,(H,40,41)/b29-20-/t32-/m1/s1. The van der Waals surface area contributed by atoms with E-state index in [1.807, 2.05) is 54.6 Å². The van der Waals surface area contributed by atoms with Crippen molar-refractivity contribution in [3.05, 3.63) is 144 Å². The van der Waals surface area contributed by atoms with E-state index in [0.29, 0.717) is 43.6 Å². The van der Waals surface area contributed by atoms with E-state index >= 15 is 0 Å². The van der Waals surface area contributed by atoms with Gasteiger partial charge in [-0.15, -0.1) is 0 Å². The average Bonchev–Trinajstić information content (AvgIpc) is 3.64. The summed E-state index contributed by atoms with van der Waals surface area (Å²) in [6.45, 7) is 6.15. The Bertz CT molecular complexity index is 2100. The van der Waals surface area contributed by atoms with Crippen LogP contribution in [0.15, 0.2) is 111 Å². The van der Waals surface area contributed by atoms with Crippen molar-refractivity contribution in [2.75, 3.05) is 6.61 Å². The number of rotatable bonds is 8. The van der Waals surface area contributed by atoms with E-state index in [0.717, 1.165) is 16.7 Å². The first kappa shape index (κ1) is 29.8. The van der Waals surface area contributed by atoms with E-state index in [-0.39, 0.29) is 17.7 Å². The highest BCUT2D eigenvalue weighted by Gasteiger charge is 2.35. The normalized spacial score (nSPS) is 14.8. The van der Waals surface area contributed by atoms with E-state index in [1.54, 1.807) is 41.8 Å². The molecule has 0 spiro atoms. The zero-order chi connectivity index (χ0) is 31.7. The highest BCUT2D eigenvalue weighted by Crippen LogP contribution is 2.35. The van der Waals surface area contributed by atoms with Crippen LogP contribution < -0.4 is 14.9 Å². The molecule has 3 aromatic carbocycles. The third kappa shape index (κ3) is 5.82. The molecule has 0 amide bonds. The maximum absolute atomic E-state index is 14.1. The minimum Gasteiger partial charge on any atom is -0.478 e. The molecule has 45 heavy (non-hydrogen) atoms. The highest BCUT2D eigenvalue weighted by atomic mass is 32.1. The maximum Gasteiger partial charge on any atom is 0.338 e. The van der Waals surface area contributed by atoms with E-state index < -0.39 is 18.0 Å². The molecule has 1 aliphatic rings. The molecule has 0 fully saturated rings. The molecule has 0 saturated heterocycles. The molecule has 0 aliphatic carbocycles. The molecule has 0 bridgehead atoms. The van der Waals surface area contributed by atoms with Gasteiger partial charge in [0.05, 0.1) is 34.0 Å². The number of hydrogen-bond donors (Lipinski definition) is 1. The van der Waals surface area contributed by atoms with Crippen molar-refractivity contribution >= 4 is 35.0 Å². The van der Waals surface area contributed by atoms with Crippen LogP contribution in [0.4, 0.5) is 0 Å². The van der Waals surface area contributed by atoms with Crippen LogP contribution in [0, 0.1) is 0 Å². The van der Waals surface area contributed by atoms with Gasteiger partial charge in [0, 0.05) is 17.2 Å². The van der Waals surface area contributed by atoms with Gasteiger partial charge in [0.15, 0.2) is 4.80 Å². The number of nitrogens with zero attached hydrogens (tertiary/aromatic N) is 2. The molecule has 8 nitrogen and oxygen atoms in total. The second kappa shape index (κ2) is 12.4. The first-order valence-corrected chi connectivity index (χ1v) is 15.4. The number of carboxylic acid groups (broad SMARTS) is 1. The highest BCUT2D eigenvalue weighted by molar-refractivity contribution is 7.07. The largest absolute Gasteiger partial charge is 0.478 e. The van der Waals surface area contributed by atoms with E-state index in [4.69, 9.17) is 14.1 Å². The molecular formula is C36H30N2O6S. The minimum atomic E-state index is -1.01. The van der Waals surface area contributed by atoms with Crippen LogP contribution >= 0.6 is 11.3 Å². The monoisotopic (exact) mass is 618 g/mol. The SMILES string of the molecule is CCOC(=O)C1=C(c2ccccc2)N=c2s/c(=C\c3ccc(-c4ccc(C(=O)O)cc4)o3)c(=O)n2[C@@H]1c1ccc(C(C)C)cc1. The van der Waals surface area contributed by atoms with Gasteiger partial charge in [0.25, 0.3) is 5.56 Å². The van der Waals surface area contributed by atoms with Gasteiger partial charge in [-0.1, -0.05) is 91.9 Å². The zero-order valence-corrected chi connectivity index (χ0v) is 25.7. The topological polar surface area (TPSA) is 111 Å². The van der Waals surface area contributed by atoms with Gasteiger partial charge >= 0.3 is 11.9 Å². The summed E-state index contributed by atoms with van der Waals surface area (Å²) >= 11 is 1.22. The molecule has 9 heteroatoms. The number of carboxylic acids is 1. The Kier molecular flexibility index (Phi) is 8.19. The Balaban J connectivity index is 1.52. The summed E-state index contributed by atoms with van der Waals surface area (Å²) in [6.07, 6.45) is 1.66. The van der Waals surface area contributed by atoms with Gasteiger partial charge in [-0.2, -0.15) is 0 Å². The molecule has 1 N–H and O–H groups in total. The van der Waals surface area contributed by atoms with Crippen LogP contribution in [0.2, 0.25) is 0 Å². The lowest BCUT2D eigenvalue weighted by Gasteiger charge is -2.26. The van der Waals surface area contributed by atoms with Crippen molar-refractivity contribution < 1.29 is 23.8 Å². The molecule has 0 radical (unpaired) electrons. The molecule has 226 valence electrons. The minimum absolute atomic E-state index is 0.174. The first-order valence-electron chi connectivity index (χ1n) is 14.6. The fourth-order valence-electron chi connectivity index (χ4n) is 5.31. The summed E-state index contributed by atoms with van der Waals surface area (Å²) in [5.74, 6) is -0.243. The zero-order valence-electron chi connectivity index (χ0n) is 24.9. The van der Waals surface area contributed by atoms with Crippen molar-refractivity contribution in [2.24, 2.45) is 4.99 Å². The van der Waals surface area contributed by atoms with Crippen molar-refractivity contribution in [3.8, 4) is 11.3 Å². The lowest BCUT2D eigenvalue weighted by Crippen LogP contribution is -2.40. The van der Waals surface area contributed by atoms with Crippen molar-refractivity contribution in [1.29, 1.82) is 0 Å². The number of benzene rings is 3. The predicted octanol–water partition coefficient (Wildman–Crippen LogP) is 6.02. The fraction of sp³-hybridized carbons (Fsp3) is 0.167. The lowest BCUT2D eigenvalue weighted by molar-refractivity contribution is -0.138. The van der Waals surface area contributed by atoms with Crippen LogP contribution in [0.3, 0.4) is 0 Å². The molecule has 5 aromatic rings. The number of ether oxygens (including phenoxy) is 1. The molecular weight excluding hydrogens is 588 g/mol. The third-order valence-electron chi connectivity index (χ3n) is 7.61. The van der Waals surface area contributed by atoms with Crippen molar-refractivity contribution in [1.82, 2.24) is 4.57 Å². The van der Waals surface area contributed by atoms with Crippen LogP contribution in [0.5, 0.6) is 0 Å². The van der Waals surface area contributed by atoms with Gasteiger partial charge in [0.1, 0.15) is 11.5 Å². The average molecular weight is 619 g/mol. The fourth-order valence-corrected chi connectivity index (χ4v) is 6.29. The van der Waals surface area contributed by atoms with Crippen LogP contribution in [0.25, 0.3) is 23.1 Å². The third-order valence-corrected chi connectivity index (χ3v) is 8.59. The van der Waals surface area contributed by atoms with Gasteiger partial charge in [-0.25, -0.2) is 14.6 Å². The van der Waals surface area contributed by atoms with Gasteiger partial charge in [0.2, 0.25) is 0 Å². The van der Waals surface area contributed by atoms with Crippen LogP contribution in [-0.2, 0) is 9.53 Å². The van der Waals surface area contributed by atoms with E-state index in [9.17, 15) is 19.5 Å². The van der Waals surface area contributed by atoms with Gasteiger partial charge in [-0.05, 0) is 48.2 Å². The van der Waals surface area contributed by atoms with E-state index in [2.05, 4.69) is 13.8 Å². The molecule has 0 saturated carbocycles. The number of carbonyl (C=O) groups excluding carboxylic acids is 1. The second-order valence-electron chi connectivity index (χ2n) is 10.8. The van der Waals surface area contributed by atoms with E-state index in [1.165, 1.54) is 23.5 Å². The maximum atomic E-state index is 14.1. The van der Waals surface area contributed by atoms with Gasteiger partial charge < -0.3 is 14.3 Å². The molecule has 2 aromatic heterocycles. The van der Waals surface area contributed by atoms with Crippen molar-refractivity contribution in [3.63, 3.8) is 0 Å².